The van der Waals surface area contributed by atoms with Gasteiger partial charge in [-0.25, -0.2) is 0 Å². The van der Waals surface area contributed by atoms with E-state index >= 15 is 0 Å². The Morgan fingerprint density at radius 1 is 0.833 bits per heavy atom. The summed E-state index contributed by atoms with van der Waals surface area (Å²) in [7, 11) is 0. The van der Waals surface area contributed by atoms with E-state index in [-0.39, 0.29) is 37.7 Å². The first kappa shape index (κ1) is 18.6. The molecule has 0 rings (SSSR count). The molecule has 0 saturated heterocycles. The van der Waals surface area contributed by atoms with Crippen LogP contribution in [0.15, 0.2) is 12.2 Å². The van der Waals surface area contributed by atoms with Crippen molar-refractivity contribution in [2.24, 2.45) is 0 Å². The molecule has 0 amide bonds. The predicted octanol–water partition coefficient (Wildman–Crippen LogP) is -3.66. The summed E-state index contributed by atoms with van der Waals surface area (Å²) in [6.07, 6.45) is 4.12. The van der Waals surface area contributed by atoms with Crippen LogP contribution in [0.25, 0.3) is 10.6 Å². The summed E-state index contributed by atoms with van der Waals surface area (Å²) in [6.45, 7) is 7.60. The molecule has 0 aromatic heterocycles. The summed E-state index contributed by atoms with van der Waals surface area (Å²) in [5.74, 6) is 0. The van der Waals surface area contributed by atoms with Crippen LogP contribution in [-0.4, -0.2) is 26.2 Å². The van der Waals surface area contributed by atoms with Gasteiger partial charge < -0.3 is 10.6 Å². The van der Waals surface area contributed by atoms with Gasteiger partial charge in [-0.05, 0) is 0 Å². The molecule has 0 spiro atoms. The summed E-state index contributed by atoms with van der Waals surface area (Å²) in [6, 6.07) is 0. The van der Waals surface area contributed by atoms with Crippen LogP contribution >= 0.6 is 0 Å². The van der Waals surface area contributed by atoms with Crippen LogP contribution in [0.1, 0.15) is 13.8 Å². The van der Waals surface area contributed by atoms with E-state index in [0.29, 0.717) is 0 Å². The number of hydrogen-bond donors (Lipinski definition) is 0. The van der Waals surface area contributed by atoms with Crippen LogP contribution in [-0.2, 0) is 0 Å². The first-order valence-electron chi connectivity index (χ1n) is 3.83. The molecule has 0 heterocycles. The second-order valence-electron chi connectivity index (χ2n) is 1.92. The maximum atomic E-state index is 4.14. The second-order valence-corrected chi connectivity index (χ2v) is 1.92. The van der Waals surface area contributed by atoms with E-state index in [0.717, 1.165) is 26.2 Å². The van der Waals surface area contributed by atoms with Crippen LogP contribution in [0, 0.1) is 0 Å². The Morgan fingerprint density at radius 2 is 1.17 bits per heavy atom. The summed E-state index contributed by atoms with van der Waals surface area (Å²) < 4.78 is 0. The van der Waals surface area contributed by atoms with Gasteiger partial charge in [0.05, 0.1) is 0 Å². The zero-order valence-electron chi connectivity index (χ0n) is 8.88. The summed E-state index contributed by atoms with van der Waals surface area (Å²) >= 11 is 0. The summed E-state index contributed by atoms with van der Waals surface area (Å²) in [5, 5.41) is 8.28. The zero-order chi connectivity index (χ0) is 7.66. The van der Waals surface area contributed by atoms with Crippen LogP contribution in [0.5, 0.6) is 0 Å². The predicted molar refractivity (Wildman–Crippen MR) is 46.7 cm³/mol. The van der Waals surface area contributed by atoms with Gasteiger partial charge in [0.25, 0.3) is 0 Å². The molecule has 0 atom stereocenters. The standard InChI is InChI=1S/C8H16N2.2Li/c1-3-9-7-5-6-8-10-4-2;;/h5-6H,3-4,7-8H2,1-2H3;;/q-2;2*+1/b6-5+;;. The van der Waals surface area contributed by atoms with E-state index in [1.165, 1.54) is 0 Å². The molecule has 0 N–H and O–H groups in total. The molecular weight excluding hydrogens is 138 g/mol. The quantitative estimate of drug-likeness (QED) is 0.214. The average molecular weight is 154 g/mol. The van der Waals surface area contributed by atoms with Gasteiger partial charge in [0, 0.05) is 0 Å². The van der Waals surface area contributed by atoms with E-state index in [2.05, 4.69) is 22.8 Å². The van der Waals surface area contributed by atoms with Crippen molar-refractivity contribution in [1.29, 1.82) is 0 Å². The Hall–Kier alpha value is 0.855. The minimum absolute atomic E-state index is 0. The van der Waals surface area contributed by atoms with Crippen molar-refractivity contribution >= 4 is 0 Å². The van der Waals surface area contributed by atoms with Gasteiger partial charge in [0.15, 0.2) is 0 Å². The van der Waals surface area contributed by atoms with Gasteiger partial charge in [-0.1, -0.05) is 13.8 Å². The Balaban J connectivity index is -0.000000405. The molecule has 2 nitrogen and oxygen atoms in total. The fraction of sp³-hybridized carbons (Fsp3) is 0.750. The summed E-state index contributed by atoms with van der Waals surface area (Å²) in [5.41, 5.74) is 0. The normalized spacial score (nSPS) is 9.17. The number of nitrogens with zero attached hydrogens (tertiary/aromatic N) is 2. The fourth-order valence-electron chi connectivity index (χ4n) is 0.556. The van der Waals surface area contributed by atoms with Crippen molar-refractivity contribution in [1.82, 2.24) is 0 Å². The smallest absolute Gasteiger partial charge is 0.659 e. The third kappa shape index (κ3) is 17.1. The maximum absolute atomic E-state index is 4.14. The van der Waals surface area contributed by atoms with Crippen LogP contribution in [0.2, 0.25) is 0 Å². The molecule has 60 valence electrons. The molecule has 12 heavy (non-hydrogen) atoms. The Morgan fingerprint density at radius 3 is 1.42 bits per heavy atom. The van der Waals surface area contributed by atoms with E-state index in [1.807, 2.05) is 13.8 Å². The van der Waals surface area contributed by atoms with Gasteiger partial charge in [-0.15, -0.1) is 25.2 Å². The largest absolute Gasteiger partial charge is 1.00 e. The molecule has 0 aliphatic rings. The van der Waals surface area contributed by atoms with E-state index in [9.17, 15) is 0 Å². The van der Waals surface area contributed by atoms with Crippen molar-refractivity contribution in [3.63, 3.8) is 0 Å². The molecule has 0 saturated carbocycles. The second kappa shape index (κ2) is 17.8. The number of hydrogen-bond acceptors (Lipinski definition) is 0. The van der Waals surface area contributed by atoms with Crippen molar-refractivity contribution in [2.75, 3.05) is 26.2 Å². The Labute approximate surface area is 100 Å². The van der Waals surface area contributed by atoms with E-state index in [4.69, 9.17) is 0 Å². The first-order valence-corrected chi connectivity index (χ1v) is 3.83. The molecule has 0 aliphatic heterocycles. The Bertz CT molecular complexity index is 77.1. The summed E-state index contributed by atoms with van der Waals surface area (Å²) in [4.78, 5) is 0. The first-order chi connectivity index (χ1) is 4.91. The average Bonchev–Trinajstić information content (AvgIpc) is 1.97. The van der Waals surface area contributed by atoms with Crippen LogP contribution in [0.3, 0.4) is 0 Å². The minimum Gasteiger partial charge on any atom is -0.659 e. The zero-order valence-corrected chi connectivity index (χ0v) is 8.88. The topological polar surface area (TPSA) is 28.2 Å². The molecule has 0 bridgehead atoms. The van der Waals surface area contributed by atoms with Gasteiger partial charge >= 0.3 is 37.7 Å². The van der Waals surface area contributed by atoms with Crippen LogP contribution < -0.4 is 37.7 Å². The van der Waals surface area contributed by atoms with Crippen molar-refractivity contribution in [3.8, 4) is 0 Å². The SMILES string of the molecule is CC[N-]C/C=C/C[N-]CC.[Li+].[Li+]. The third-order valence-corrected chi connectivity index (χ3v) is 1.08. The van der Waals surface area contributed by atoms with Gasteiger partial charge in [-0.2, -0.15) is 13.1 Å². The molecule has 0 aromatic carbocycles. The van der Waals surface area contributed by atoms with Crippen LogP contribution in [0.4, 0.5) is 0 Å². The molecule has 0 fully saturated rings. The molecular formula is C8H16Li2N2. The molecule has 4 heteroatoms. The monoisotopic (exact) mass is 154 g/mol. The minimum atomic E-state index is 0. The Kier molecular flexibility index (Phi) is 27.6. The maximum Gasteiger partial charge on any atom is 1.00 e. The molecule has 0 radical (unpaired) electrons. The van der Waals surface area contributed by atoms with E-state index in [1.54, 1.807) is 0 Å². The van der Waals surface area contributed by atoms with Gasteiger partial charge in [-0.3, -0.25) is 0 Å². The molecule has 0 unspecified atom stereocenters. The van der Waals surface area contributed by atoms with E-state index < -0.39 is 0 Å². The molecule has 0 aromatic rings. The van der Waals surface area contributed by atoms with Crippen molar-refractivity contribution < 1.29 is 37.7 Å². The number of rotatable bonds is 6. The van der Waals surface area contributed by atoms with Crippen molar-refractivity contribution in [3.05, 3.63) is 22.8 Å². The van der Waals surface area contributed by atoms with Gasteiger partial charge in [0.2, 0.25) is 0 Å². The van der Waals surface area contributed by atoms with Crippen molar-refractivity contribution in [2.45, 2.75) is 13.8 Å². The molecule has 0 aliphatic carbocycles. The number of likely N-dealkylation sites (N-methyl/N-ethyl adjacent to an activating group) is 2. The fourth-order valence-corrected chi connectivity index (χ4v) is 0.556. The van der Waals surface area contributed by atoms with Gasteiger partial charge in [0.1, 0.15) is 0 Å². The third-order valence-electron chi connectivity index (χ3n) is 1.08.